The summed E-state index contributed by atoms with van der Waals surface area (Å²) in [6.45, 7) is 3.83. The fourth-order valence-corrected chi connectivity index (χ4v) is 3.31. The van der Waals surface area contributed by atoms with Crippen LogP contribution in [0.2, 0.25) is 0 Å². The molecule has 1 heterocycles. The van der Waals surface area contributed by atoms with E-state index in [1.165, 1.54) is 0 Å². The van der Waals surface area contributed by atoms with E-state index in [-0.39, 0.29) is 30.6 Å². The number of alkyl halides is 3. The fourth-order valence-electron chi connectivity index (χ4n) is 2.84. The first-order chi connectivity index (χ1) is 9.71. The van der Waals surface area contributed by atoms with Gasteiger partial charge in [0.25, 0.3) is 0 Å². The monoisotopic (exact) mass is 366 g/mol. The molecule has 0 saturated heterocycles. The highest BCUT2D eigenvalue weighted by molar-refractivity contribution is 9.10. The lowest BCUT2D eigenvalue weighted by molar-refractivity contribution is -0.183. The third kappa shape index (κ3) is 3.49. The molecule has 0 bridgehead atoms. The second kappa shape index (κ2) is 6.10. The van der Waals surface area contributed by atoms with Gasteiger partial charge in [0.1, 0.15) is 5.69 Å². The van der Waals surface area contributed by atoms with Crippen LogP contribution in [0.5, 0.6) is 0 Å². The third-order valence-corrected chi connectivity index (χ3v) is 4.61. The van der Waals surface area contributed by atoms with E-state index in [9.17, 15) is 18.0 Å². The molecular formula is C14H18BrF3N2O. The Kier molecular flexibility index (Phi) is 4.80. The molecule has 0 N–H and O–H groups in total. The molecule has 1 aromatic heterocycles. The average Bonchev–Trinajstić information content (AvgIpc) is 2.79. The molecule has 0 atom stereocenters. The molecule has 1 aromatic rings. The molecule has 0 radical (unpaired) electrons. The van der Waals surface area contributed by atoms with Gasteiger partial charge in [0.2, 0.25) is 0 Å². The molecule has 0 spiro atoms. The molecular weight excluding hydrogens is 349 g/mol. The van der Waals surface area contributed by atoms with Crippen molar-refractivity contribution in [3.63, 3.8) is 0 Å². The minimum absolute atomic E-state index is 0.0294. The Morgan fingerprint density at radius 2 is 1.90 bits per heavy atom. The first kappa shape index (κ1) is 16.5. The summed E-state index contributed by atoms with van der Waals surface area (Å²) in [5, 5.41) is 4.15. The maximum absolute atomic E-state index is 12.7. The Morgan fingerprint density at radius 1 is 1.33 bits per heavy atom. The van der Waals surface area contributed by atoms with Gasteiger partial charge in [-0.1, -0.05) is 0 Å². The Balaban J connectivity index is 2.11. The van der Waals surface area contributed by atoms with Crippen molar-refractivity contribution in [2.24, 2.45) is 11.8 Å². The SMILES string of the molecule is CC(C)n1ncc(Br)c1C(=O)C1CCC(C(F)(F)F)CC1. The van der Waals surface area contributed by atoms with Crippen molar-refractivity contribution in [1.29, 1.82) is 0 Å². The average molecular weight is 367 g/mol. The Hall–Kier alpha value is -0.850. The predicted molar refractivity (Wildman–Crippen MR) is 76.1 cm³/mol. The summed E-state index contributed by atoms with van der Waals surface area (Å²) in [7, 11) is 0. The molecule has 0 unspecified atom stereocenters. The van der Waals surface area contributed by atoms with Crippen LogP contribution in [0.15, 0.2) is 10.7 Å². The van der Waals surface area contributed by atoms with Crippen molar-refractivity contribution in [1.82, 2.24) is 9.78 Å². The van der Waals surface area contributed by atoms with E-state index in [0.717, 1.165) is 0 Å². The Morgan fingerprint density at radius 3 is 2.38 bits per heavy atom. The van der Waals surface area contributed by atoms with Gasteiger partial charge < -0.3 is 0 Å². The van der Waals surface area contributed by atoms with Crippen LogP contribution in [-0.4, -0.2) is 21.7 Å². The number of carbonyl (C=O) groups excluding carboxylic acids is 1. The van der Waals surface area contributed by atoms with E-state index in [1.54, 1.807) is 10.9 Å². The number of Topliss-reactive ketones (excluding diaryl/α,β-unsaturated/α-hetero) is 1. The van der Waals surface area contributed by atoms with E-state index in [2.05, 4.69) is 21.0 Å². The molecule has 1 saturated carbocycles. The molecule has 1 fully saturated rings. The Bertz CT molecular complexity index is 517. The van der Waals surface area contributed by atoms with Gasteiger partial charge in [-0.15, -0.1) is 0 Å². The van der Waals surface area contributed by atoms with E-state index in [1.807, 2.05) is 13.8 Å². The lowest BCUT2D eigenvalue weighted by Gasteiger charge is -2.29. The molecule has 1 aliphatic carbocycles. The van der Waals surface area contributed by atoms with Gasteiger partial charge >= 0.3 is 6.18 Å². The van der Waals surface area contributed by atoms with Crippen molar-refractivity contribution in [3.05, 3.63) is 16.4 Å². The standard InChI is InChI=1S/C14H18BrF3N2O/c1-8(2)20-12(11(15)7-19-20)13(21)9-3-5-10(6-4-9)14(16,17)18/h7-10H,3-6H2,1-2H3. The highest BCUT2D eigenvalue weighted by Crippen LogP contribution is 2.40. The van der Waals surface area contributed by atoms with Gasteiger partial charge in [-0.05, 0) is 55.5 Å². The highest BCUT2D eigenvalue weighted by atomic mass is 79.9. The number of halogens is 4. The van der Waals surface area contributed by atoms with Gasteiger partial charge in [-0.25, -0.2) is 0 Å². The second-order valence-corrected chi connectivity index (χ2v) is 6.69. The van der Waals surface area contributed by atoms with Gasteiger partial charge in [0.05, 0.1) is 16.6 Å². The summed E-state index contributed by atoms with van der Waals surface area (Å²) in [6, 6.07) is 0.0294. The molecule has 3 nitrogen and oxygen atoms in total. The van der Waals surface area contributed by atoms with Crippen LogP contribution < -0.4 is 0 Å². The first-order valence-electron chi connectivity index (χ1n) is 7.05. The number of nitrogens with zero attached hydrogens (tertiary/aromatic N) is 2. The van der Waals surface area contributed by atoms with E-state index in [0.29, 0.717) is 23.0 Å². The number of ketones is 1. The van der Waals surface area contributed by atoms with Crippen LogP contribution in [0.4, 0.5) is 13.2 Å². The lowest BCUT2D eigenvalue weighted by Crippen LogP contribution is -2.31. The van der Waals surface area contributed by atoms with E-state index in [4.69, 9.17) is 0 Å². The van der Waals surface area contributed by atoms with Crippen LogP contribution in [0.1, 0.15) is 56.1 Å². The predicted octanol–water partition coefficient (Wildman–Crippen LogP) is 4.78. The summed E-state index contributed by atoms with van der Waals surface area (Å²) in [6.07, 6.45) is -1.93. The van der Waals surface area contributed by atoms with Gasteiger partial charge in [0, 0.05) is 12.0 Å². The summed E-state index contributed by atoms with van der Waals surface area (Å²) in [5.74, 6) is -1.71. The van der Waals surface area contributed by atoms with E-state index >= 15 is 0 Å². The summed E-state index contributed by atoms with van der Waals surface area (Å²) >= 11 is 3.31. The largest absolute Gasteiger partial charge is 0.391 e. The topological polar surface area (TPSA) is 34.9 Å². The molecule has 21 heavy (non-hydrogen) atoms. The highest BCUT2D eigenvalue weighted by Gasteiger charge is 2.43. The molecule has 0 aliphatic heterocycles. The van der Waals surface area contributed by atoms with Gasteiger partial charge in [-0.3, -0.25) is 9.48 Å². The number of hydrogen-bond donors (Lipinski definition) is 0. The van der Waals surface area contributed by atoms with Crippen LogP contribution in [0, 0.1) is 11.8 Å². The third-order valence-electron chi connectivity index (χ3n) is 4.03. The minimum Gasteiger partial charge on any atom is -0.292 e. The fraction of sp³-hybridized carbons (Fsp3) is 0.714. The lowest BCUT2D eigenvalue weighted by atomic mass is 9.79. The number of carbonyl (C=O) groups is 1. The number of rotatable bonds is 3. The molecule has 7 heteroatoms. The summed E-state index contributed by atoms with van der Waals surface area (Å²) in [5.41, 5.74) is 0.473. The zero-order valence-electron chi connectivity index (χ0n) is 12.0. The smallest absolute Gasteiger partial charge is 0.292 e. The van der Waals surface area contributed by atoms with Crippen LogP contribution in [0.25, 0.3) is 0 Å². The maximum Gasteiger partial charge on any atom is 0.391 e. The van der Waals surface area contributed by atoms with Gasteiger partial charge in [-0.2, -0.15) is 18.3 Å². The van der Waals surface area contributed by atoms with Crippen LogP contribution in [-0.2, 0) is 0 Å². The second-order valence-electron chi connectivity index (χ2n) is 5.83. The summed E-state index contributed by atoms with van der Waals surface area (Å²) < 4.78 is 40.2. The molecule has 1 aliphatic rings. The molecule has 2 rings (SSSR count). The van der Waals surface area contributed by atoms with Crippen molar-refractivity contribution in [2.45, 2.75) is 51.7 Å². The minimum atomic E-state index is -4.14. The summed E-state index contributed by atoms with van der Waals surface area (Å²) in [4.78, 5) is 12.6. The van der Waals surface area contributed by atoms with Crippen molar-refractivity contribution in [3.8, 4) is 0 Å². The maximum atomic E-state index is 12.7. The number of hydrogen-bond acceptors (Lipinski definition) is 2. The van der Waals surface area contributed by atoms with Gasteiger partial charge in [0.15, 0.2) is 5.78 Å². The van der Waals surface area contributed by atoms with E-state index < -0.39 is 12.1 Å². The van der Waals surface area contributed by atoms with Crippen LogP contribution >= 0.6 is 15.9 Å². The van der Waals surface area contributed by atoms with Crippen molar-refractivity contribution in [2.75, 3.05) is 0 Å². The zero-order valence-corrected chi connectivity index (χ0v) is 13.5. The van der Waals surface area contributed by atoms with Crippen molar-refractivity contribution < 1.29 is 18.0 Å². The first-order valence-corrected chi connectivity index (χ1v) is 7.85. The number of aromatic nitrogens is 2. The zero-order chi connectivity index (χ0) is 15.8. The Labute approximate surface area is 130 Å². The molecule has 0 aromatic carbocycles. The normalized spacial score (nSPS) is 23.6. The van der Waals surface area contributed by atoms with Crippen LogP contribution in [0.3, 0.4) is 0 Å². The van der Waals surface area contributed by atoms with Crippen molar-refractivity contribution >= 4 is 21.7 Å². The quantitative estimate of drug-likeness (QED) is 0.721. The molecule has 0 amide bonds. The molecule has 118 valence electrons.